The fourth-order valence-corrected chi connectivity index (χ4v) is 4.29. The quantitative estimate of drug-likeness (QED) is 0.414. The van der Waals surface area contributed by atoms with E-state index in [0.717, 1.165) is 6.61 Å². The van der Waals surface area contributed by atoms with Crippen molar-refractivity contribution in [3.05, 3.63) is 0 Å². The lowest BCUT2D eigenvalue weighted by Crippen LogP contribution is -2.54. The molecule has 1 rings (SSSR count). The number of unbranched alkanes of at least 4 members (excludes halogenated alkanes) is 4. The molecule has 0 N–H and O–H groups in total. The predicted molar refractivity (Wildman–Crippen MR) is 78.8 cm³/mol. The van der Waals surface area contributed by atoms with Gasteiger partial charge in [0.05, 0.1) is 6.10 Å². The zero-order chi connectivity index (χ0) is 12.7. The number of rotatable bonds is 9. The second-order valence-electron chi connectivity index (χ2n) is 5.42. The first-order valence-corrected chi connectivity index (χ1v) is 8.38. The molecular formula is C15H29BrO. The lowest BCUT2D eigenvalue weighted by atomic mass is 9.62. The topological polar surface area (TPSA) is 9.23 Å². The van der Waals surface area contributed by atoms with Crippen molar-refractivity contribution in [2.24, 2.45) is 5.41 Å². The van der Waals surface area contributed by atoms with Crippen LogP contribution in [-0.2, 0) is 4.74 Å². The van der Waals surface area contributed by atoms with Gasteiger partial charge in [0.2, 0.25) is 0 Å². The monoisotopic (exact) mass is 304 g/mol. The van der Waals surface area contributed by atoms with Gasteiger partial charge >= 0.3 is 0 Å². The molecule has 0 amide bonds. The lowest BCUT2D eigenvalue weighted by Gasteiger charge is -2.53. The Kier molecular flexibility index (Phi) is 7.10. The van der Waals surface area contributed by atoms with E-state index in [4.69, 9.17) is 4.74 Å². The molecule has 1 aliphatic carbocycles. The van der Waals surface area contributed by atoms with Crippen LogP contribution in [0.4, 0.5) is 0 Å². The zero-order valence-corrected chi connectivity index (χ0v) is 13.4. The number of hydrogen-bond donors (Lipinski definition) is 0. The minimum Gasteiger partial charge on any atom is -0.378 e. The smallest absolute Gasteiger partial charge is 0.0652 e. The lowest BCUT2D eigenvalue weighted by molar-refractivity contribution is -0.108. The summed E-state index contributed by atoms with van der Waals surface area (Å²) in [4.78, 5) is 0.676. The molecule has 102 valence electrons. The summed E-state index contributed by atoms with van der Waals surface area (Å²) in [5.74, 6) is 0. The minimum absolute atomic E-state index is 0.420. The summed E-state index contributed by atoms with van der Waals surface area (Å²) >= 11 is 3.81. The number of alkyl halides is 1. The largest absolute Gasteiger partial charge is 0.378 e. The molecule has 1 fully saturated rings. The second kappa shape index (κ2) is 7.78. The minimum atomic E-state index is 0.420. The van der Waals surface area contributed by atoms with E-state index in [1.165, 1.54) is 51.4 Å². The molecule has 0 spiro atoms. The van der Waals surface area contributed by atoms with Gasteiger partial charge in [0.25, 0.3) is 0 Å². The van der Waals surface area contributed by atoms with Gasteiger partial charge in [-0.05, 0) is 25.7 Å². The predicted octanol–water partition coefficient (Wildman–Crippen LogP) is 5.32. The van der Waals surface area contributed by atoms with E-state index >= 15 is 0 Å². The van der Waals surface area contributed by atoms with Crippen LogP contribution >= 0.6 is 15.9 Å². The molecule has 2 atom stereocenters. The van der Waals surface area contributed by atoms with Crippen molar-refractivity contribution in [2.45, 2.75) is 83.1 Å². The first-order valence-electron chi connectivity index (χ1n) is 7.46. The Morgan fingerprint density at radius 2 is 1.71 bits per heavy atom. The highest BCUT2D eigenvalue weighted by Gasteiger charge is 2.51. The average molecular weight is 305 g/mol. The summed E-state index contributed by atoms with van der Waals surface area (Å²) in [7, 11) is 0. The molecule has 0 aromatic carbocycles. The van der Waals surface area contributed by atoms with Gasteiger partial charge in [0.1, 0.15) is 0 Å². The maximum atomic E-state index is 6.10. The Labute approximate surface area is 116 Å². The maximum absolute atomic E-state index is 6.10. The van der Waals surface area contributed by atoms with E-state index in [2.05, 4.69) is 36.7 Å². The van der Waals surface area contributed by atoms with Crippen molar-refractivity contribution < 1.29 is 4.74 Å². The Hall–Kier alpha value is 0.440. The van der Waals surface area contributed by atoms with E-state index in [0.29, 0.717) is 16.3 Å². The van der Waals surface area contributed by atoms with Crippen LogP contribution in [-0.4, -0.2) is 17.5 Å². The highest BCUT2D eigenvalue weighted by Crippen LogP contribution is 2.52. The van der Waals surface area contributed by atoms with Crippen molar-refractivity contribution in [3.63, 3.8) is 0 Å². The Morgan fingerprint density at radius 1 is 1.06 bits per heavy atom. The fourth-order valence-electron chi connectivity index (χ4n) is 3.01. The van der Waals surface area contributed by atoms with Gasteiger partial charge in [0.15, 0.2) is 0 Å². The van der Waals surface area contributed by atoms with Crippen LogP contribution in [0.5, 0.6) is 0 Å². The molecule has 0 aromatic heterocycles. The van der Waals surface area contributed by atoms with Gasteiger partial charge in [-0.1, -0.05) is 62.4 Å². The van der Waals surface area contributed by atoms with Gasteiger partial charge in [0, 0.05) is 16.8 Å². The fraction of sp³-hybridized carbons (Fsp3) is 1.00. The maximum Gasteiger partial charge on any atom is 0.0652 e. The second-order valence-corrected chi connectivity index (χ2v) is 6.52. The molecule has 2 unspecified atom stereocenters. The van der Waals surface area contributed by atoms with Crippen LogP contribution in [0, 0.1) is 5.41 Å². The van der Waals surface area contributed by atoms with E-state index in [9.17, 15) is 0 Å². The molecule has 0 aliphatic heterocycles. The SMILES string of the molecule is CCCCCCCOC1CC(Br)C1(CC)CC. The van der Waals surface area contributed by atoms with Crippen molar-refractivity contribution in [3.8, 4) is 0 Å². The first kappa shape index (κ1) is 15.5. The van der Waals surface area contributed by atoms with E-state index in [1.807, 2.05) is 0 Å². The van der Waals surface area contributed by atoms with Gasteiger partial charge in [-0.15, -0.1) is 0 Å². The van der Waals surface area contributed by atoms with Gasteiger partial charge in [-0.3, -0.25) is 0 Å². The summed E-state index contributed by atoms with van der Waals surface area (Å²) in [6.45, 7) is 7.83. The van der Waals surface area contributed by atoms with Crippen LogP contribution in [0.25, 0.3) is 0 Å². The van der Waals surface area contributed by atoms with Crippen LogP contribution < -0.4 is 0 Å². The molecule has 17 heavy (non-hydrogen) atoms. The molecule has 0 aromatic rings. The summed E-state index contributed by atoms with van der Waals surface area (Å²) in [6, 6.07) is 0. The third-order valence-electron chi connectivity index (χ3n) is 4.57. The third-order valence-corrected chi connectivity index (χ3v) is 5.86. The van der Waals surface area contributed by atoms with Gasteiger partial charge in [-0.25, -0.2) is 0 Å². The summed E-state index contributed by atoms with van der Waals surface area (Å²) in [5.41, 5.74) is 0.420. The summed E-state index contributed by atoms with van der Waals surface area (Å²) in [6.07, 6.45) is 10.8. The van der Waals surface area contributed by atoms with E-state index < -0.39 is 0 Å². The molecule has 2 heteroatoms. The zero-order valence-electron chi connectivity index (χ0n) is 11.8. The molecule has 0 bridgehead atoms. The van der Waals surface area contributed by atoms with Gasteiger partial charge in [-0.2, -0.15) is 0 Å². The van der Waals surface area contributed by atoms with E-state index in [-0.39, 0.29) is 0 Å². The van der Waals surface area contributed by atoms with Crippen LogP contribution in [0.3, 0.4) is 0 Å². The first-order chi connectivity index (χ1) is 8.21. The highest BCUT2D eigenvalue weighted by atomic mass is 79.9. The Bertz CT molecular complexity index is 201. The standard InChI is InChI=1S/C15H29BrO/c1-4-7-8-9-10-11-17-14-12-13(16)15(14,5-2)6-3/h13-14H,4-12H2,1-3H3. The average Bonchev–Trinajstić information content (AvgIpc) is 2.34. The summed E-state index contributed by atoms with van der Waals surface area (Å²) < 4.78 is 6.10. The van der Waals surface area contributed by atoms with Crippen molar-refractivity contribution in [1.82, 2.24) is 0 Å². The van der Waals surface area contributed by atoms with Crippen LogP contribution in [0.1, 0.15) is 72.1 Å². The Morgan fingerprint density at radius 3 is 2.24 bits per heavy atom. The molecule has 1 nitrogen and oxygen atoms in total. The number of ether oxygens (including phenoxy) is 1. The Balaban J connectivity index is 2.15. The number of hydrogen-bond acceptors (Lipinski definition) is 1. The van der Waals surface area contributed by atoms with Crippen molar-refractivity contribution >= 4 is 15.9 Å². The van der Waals surface area contributed by atoms with E-state index in [1.54, 1.807) is 0 Å². The third kappa shape index (κ3) is 3.70. The van der Waals surface area contributed by atoms with Crippen LogP contribution in [0.15, 0.2) is 0 Å². The van der Waals surface area contributed by atoms with Crippen molar-refractivity contribution in [2.75, 3.05) is 6.61 Å². The van der Waals surface area contributed by atoms with Gasteiger partial charge < -0.3 is 4.74 Å². The number of halogens is 1. The molecule has 1 aliphatic rings. The normalized spacial score (nSPS) is 26.8. The highest BCUT2D eigenvalue weighted by molar-refractivity contribution is 9.09. The van der Waals surface area contributed by atoms with Crippen molar-refractivity contribution in [1.29, 1.82) is 0 Å². The van der Waals surface area contributed by atoms with Crippen LogP contribution in [0.2, 0.25) is 0 Å². The molecule has 1 saturated carbocycles. The molecule has 0 heterocycles. The molecule has 0 radical (unpaired) electrons. The molecule has 0 saturated heterocycles. The summed E-state index contributed by atoms with van der Waals surface area (Å²) in [5, 5.41) is 0. The molecular weight excluding hydrogens is 276 g/mol.